The van der Waals surface area contributed by atoms with E-state index in [-0.39, 0.29) is 5.91 Å². The zero-order valence-corrected chi connectivity index (χ0v) is 17.4. The molecular formula is C23H36N2O3. The van der Waals surface area contributed by atoms with Gasteiger partial charge in [0.1, 0.15) is 12.4 Å². The monoisotopic (exact) mass is 388 g/mol. The number of aryl methyl sites for hydroxylation is 1. The highest BCUT2D eigenvalue weighted by atomic mass is 16.5. The second-order valence-electron chi connectivity index (χ2n) is 8.06. The van der Waals surface area contributed by atoms with E-state index in [1.165, 1.54) is 36.0 Å². The van der Waals surface area contributed by atoms with Gasteiger partial charge in [-0.05, 0) is 94.1 Å². The van der Waals surface area contributed by atoms with Crippen molar-refractivity contribution in [2.75, 3.05) is 39.5 Å². The van der Waals surface area contributed by atoms with Gasteiger partial charge in [0.05, 0.1) is 6.61 Å². The summed E-state index contributed by atoms with van der Waals surface area (Å²) in [5.41, 5.74) is 9.58. The molecule has 3 rings (SSSR count). The highest BCUT2D eigenvalue weighted by Gasteiger charge is 2.26. The molecule has 1 saturated heterocycles. The lowest BCUT2D eigenvalue weighted by Crippen LogP contribution is -2.34. The van der Waals surface area contributed by atoms with E-state index in [1.807, 2.05) is 6.92 Å². The molecule has 1 aliphatic carbocycles. The maximum atomic E-state index is 10.9. The van der Waals surface area contributed by atoms with E-state index >= 15 is 0 Å². The molecule has 1 aromatic rings. The maximum Gasteiger partial charge on any atom is 0.217 e. The molecule has 1 fully saturated rings. The lowest BCUT2D eigenvalue weighted by atomic mass is 9.83. The molecule has 0 saturated carbocycles. The van der Waals surface area contributed by atoms with Gasteiger partial charge in [0.25, 0.3) is 0 Å². The third kappa shape index (κ3) is 5.71. The number of carbonyl (C=O) groups is 1. The number of nitrogens with two attached hydrogens (primary N) is 1. The van der Waals surface area contributed by atoms with Crippen molar-refractivity contribution in [1.82, 2.24) is 4.90 Å². The summed E-state index contributed by atoms with van der Waals surface area (Å²) in [7, 11) is 0. The molecule has 1 aliphatic heterocycles. The van der Waals surface area contributed by atoms with Crippen molar-refractivity contribution < 1.29 is 14.3 Å². The number of amides is 1. The second kappa shape index (κ2) is 10.8. The summed E-state index contributed by atoms with van der Waals surface area (Å²) in [5, 5.41) is 0. The molecule has 5 heteroatoms. The van der Waals surface area contributed by atoms with Crippen LogP contribution >= 0.6 is 0 Å². The molecule has 0 unspecified atom stereocenters. The Hall–Kier alpha value is -1.59. The van der Waals surface area contributed by atoms with E-state index in [4.69, 9.17) is 15.2 Å². The SMILES string of the molecule is CCOCCOc1c(C2CCN(CCCC(N)=O)CC2)ccc2c1CCCC2. The Balaban J connectivity index is 1.65. The number of hydrogen-bond acceptors (Lipinski definition) is 4. The summed E-state index contributed by atoms with van der Waals surface area (Å²) < 4.78 is 11.8. The van der Waals surface area contributed by atoms with Crippen LogP contribution in [0.1, 0.15) is 68.1 Å². The van der Waals surface area contributed by atoms with Gasteiger partial charge in [0, 0.05) is 13.0 Å². The maximum absolute atomic E-state index is 10.9. The average molecular weight is 389 g/mol. The van der Waals surface area contributed by atoms with Gasteiger partial charge in [-0.2, -0.15) is 0 Å². The molecule has 0 bridgehead atoms. The first kappa shape index (κ1) is 21.1. The van der Waals surface area contributed by atoms with Crippen LogP contribution in [0.2, 0.25) is 0 Å². The fourth-order valence-corrected chi connectivity index (χ4v) is 4.60. The predicted molar refractivity (Wildman–Crippen MR) is 112 cm³/mol. The van der Waals surface area contributed by atoms with Gasteiger partial charge in [-0.1, -0.05) is 12.1 Å². The van der Waals surface area contributed by atoms with E-state index in [0.717, 1.165) is 57.7 Å². The number of piperidine rings is 1. The van der Waals surface area contributed by atoms with Gasteiger partial charge < -0.3 is 20.1 Å². The Morgan fingerprint density at radius 3 is 2.71 bits per heavy atom. The molecular weight excluding hydrogens is 352 g/mol. The Bertz CT molecular complexity index is 639. The zero-order chi connectivity index (χ0) is 19.8. The molecule has 1 amide bonds. The van der Waals surface area contributed by atoms with Crippen molar-refractivity contribution in [2.45, 2.75) is 64.2 Å². The molecule has 1 aromatic carbocycles. The summed E-state index contributed by atoms with van der Waals surface area (Å²) in [6.07, 6.45) is 8.52. The minimum Gasteiger partial charge on any atom is -0.491 e. The molecule has 0 radical (unpaired) electrons. The molecule has 0 aromatic heterocycles. The number of nitrogens with zero attached hydrogens (tertiary/aromatic N) is 1. The lowest BCUT2D eigenvalue weighted by Gasteiger charge is -2.34. The van der Waals surface area contributed by atoms with E-state index < -0.39 is 0 Å². The smallest absolute Gasteiger partial charge is 0.217 e. The summed E-state index contributed by atoms with van der Waals surface area (Å²) in [6.45, 7) is 7.17. The minimum atomic E-state index is -0.196. The van der Waals surface area contributed by atoms with Crippen LogP contribution in [0.4, 0.5) is 0 Å². The van der Waals surface area contributed by atoms with Crippen LogP contribution in [-0.2, 0) is 22.4 Å². The van der Waals surface area contributed by atoms with Crippen LogP contribution in [0.3, 0.4) is 0 Å². The van der Waals surface area contributed by atoms with Gasteiger partial charge in [0.15, 0.2) is 0 Å². The molecule has 0 spiro atoms. The van der Waals surface area contributed by atoms with Crippen molar-refractivity contribution in [1.29, 1.82) is 0 Å². The minimum absolute atomic E-state index is 0.196. The number of benzene rings is 1. The number of likely N-dealkylation sites (tertiary alicyclic amines) is 1. The normalized spacial score (nSPS) is 18.0. The van der Waals surface area contributed by atoms with Gasteiger partial charge in [0.2, 0.25) is 5.91 Å². The fraction of sp³-hybridized carbons (Fsp3) is 0.696. The van der Waals surface area contributed by atoms with Crippen LogP contribution < -0.4 is 10.5 Å². The van der Waals surface area contributed by atoms with Crippen LogP contribution in [0.5, 0.6) is 5.75 Å². The molecule has 1 heterocycles. The summed E-state index contributed by atoms with van der Waals surface area (Å²) >= 11 is 0. The highest BCUT2D eigenvalue weighted by Crippen LogP contribution is 2.40. The van der Waals surface area contributed by atoms with Crippen molar-refractivity contribution in [3.05, 3.63) is 28.8 Å². The molecule has 2 N–H and O–H groups in total. The van der Waals surface area contributed by atoms with E-state index in [9.17, 15) is 4.79 Å². The van der Waals surface area contributed by atoms with Crippen molar-refractivity contribution in [2.24, 2.45) is 5.73 Å². The van der Waals surface area contributed by atoms with E-state index in [2.05, 4.69) is 17.0 Å². The van der Waals surface area contributed by atoms with Gasteiger partial charge in [-0.3, -0.25) is 4.79 Å². The first-order valence-electron chi connectivity index (χ1n) is 11.0. The van der Waals surface area contributed by atoms with Gasteiger partial charge in [-0.15, -0.1) is 0 Å². The van der Waals surface area contributed by atoms with Gasteiger partial charge >= 0.3 is 0 Å². The van der Waals surface area contributed by atoms with Crippen molar-refractivity contribution in [3.8, 4) is 5.75 Å². The molecule has 5 nitrogen and oxygen atoms in total. The van der Waals surface area contributed by atoms with E-state index in [0.29, 0.717) is 25.6 Å². The second-order valence-corrected chi connectivity index (χ2v) is 8.06. The number of rotatable bonds is 10. The number of ether oxygens (including phenoxy) is 2. The van der Waals surface area contributed by atoms with Crippen LogP contribution in [0, 0.1) is 0 Å². The Labute approximate surface area is 169 Å². The standard InChI is InChI=1S/C23H36N2O3/c1-2-27-16-17-28-23-20-7-4-3-6-18(20)9-10-21(23)19-11-14-25(15-12-19)13-5-8-22(24)26/h9-10,19H,2-8,11-17H2,1H3,(H2,24,26). The number of carbonyl (C=O) groups excluding carboxylic acids is 1. The summed E-state index contributed by atoms with van der Waals surface area (Å²) in [5.74, 6) is 1.52. The highest BCUT2D eigenvalue weighted by molar-refractivity contribution is 5.73. The number of hydrogen-bond donors (Lipinski definition) is 1. The lowest BCUT2D eigenvalue weighted by molar-refractivity contribution is -0.118. The van der Waals surface area contributed by atoms with Crippen LogP contribution in [0.25, 0.3) is 0 Å². The molecule has 156 valence electrons. The molecule has 0 atom stereocenters. The third-order valence-electron chi connectivity index (χ3n) is 6.11. The Morgan fingerprint density at radius 2 is 1.96 bits per heavy atom. The first-order valence-corrected chi connectivity index (χ1v) is 11.0. The number of primary amides is 1. The average Bonchev–Trinajstić information content (AvgIpc) is 2.71. The summed E-state index contributed by atoms with van der Waals surface area (Å²) in [6, 6.07) is 4.67. The van der Waals surface area contributed by atoms with Crippen LogP contribution in [-0.4, -0.2) is 50.3 Å². The van der Waals surface area contributed by atoms with Gasteiger partial charge in [-0.25, -0.2) is 0 Å². The molecule has 2 aliphatic rings. The topological polar surface area (TPSA) is 64.8 Å². The summed E-state index contributed by atoms with van der Waals surface area (Å²) in [4.78, 5) is 13.4. The fourth-order valence-electron chi connectivity index (χ4n) is 4.60. The number of fused-ring (bicyclic) bond motifs is 1. The third-order valence-corrected chi connectivity index (χ3v) is 6.11. The molecule has 28 heavy (non-hydrogen) atoms. The zero-order valence-electron chi connectivity index (χ0n) is 17.4. The van der Waals surface area contributed by atoms with Crippen molar-refractivity contribution in [3.63, 3.8) is 0 Å². The first-order chi connectivity index (χ1) is 13.7. The van der Waals surface area contributed by atoms with E-state index in [1.54, 1.807) is 0 Å². The Kier molecular flexibility index (Phi) is 8.16. The van der Waals surface area contributed by atoms with Crippen molar-refractivity contribution >= 4 is 5.91 Å². The van der Waals surface area contributed by atoms with Crippen LogP contribution in [0.15, 0.2) is 12.1 Å². The Morgan fingerprint density at radius 1 is 1.18 bits per heavy atom. The predicted octanol–water partition coefficient (Wildman–Crippen LogP) is 3.43. The quantitative estimate of drug-likeness (QED) is 0.624. The largest absolute Gasteiger partial charge is 0.491 e.